The molecule has 3 rings (SSSR count). The number of fused-ring (bicyclic) bond motifs is 1. The van der Waals surface area contributed by atoms with Crippen molar-refractivity contribution >= 4 is 22.6 Å². The van der Waals surface area contributed by atoms with Crippen LogP contribution in [-0.4, -0.2) is 23.6 Å². The summed E-state index contributed by atoms with van der Waals surface area (Å²) in [4.78, 5) is 4.73. The molecule has 0 aromatic heterocycles. The highest BCUT2D eigenvalue weighted by Crippen LogP contribution is 2.35. The predicted octanol–water partition coefficient (Wildman–Crippen LogP) is 3.97. The summed E-state index contributed by atoms with van der Waals surface area (Å²) in [7, 11) is 0. The van der Waals surface area contributed by atoms with E-state index in [-0.39, 0.29) is 5.75 Å². The largest absolute Gasteiger partial charge is 0.435 e. The highest BCUT2D eigenvalue weighted by Gasteiger charge is 2.30. The van der Waals surface area contributed by atoms with E-state index < -0.39 is 6.61 Å². The Bertz CT molecular complexity index is 492. The zero-order valence-corrected chi connectivity index (χ0v) is 11.7. The first-order chi connectivity index (χ1) is 9.70. The molecule has 1 N–H and O–H groups in total. The third-order valence-electron chi connectivity index (χ3n) is 3.67. The number of benzene rings is 1. The first-order valence-corrected chi connectivity index (χ1v) is 7.72. The van der Waals surface area contributed by atoms with Gasteiger partial charge >= 0.3 is 6.61 Å². The van der Waals surface area contributed by atoms with Gasteiger partial charge in [0, 0.05) is 11.4 Å². The molecule has 3 nitrogen and oxygen atoms in total. The average Bonchev–Trinajstić information content (AvgIpc) is 2.88. The van der Waals surface area contributed by atoms with Crippen LogP contribution in [-0.2, 0) is 0 Å². The molecule has 1 saturated carbocycles. The van der Waals surface area contributed by atoms with E-state index in [1.54, 1.807) is 23.9 Å². The molecule has 0 bridgehead atoms. The number of aliphatic imine (C=N–C) groups is 1. The molecule has 0 spiro atoms. The fourth-order valence-corrected chi connectivity index (χ4v) is 3.83. The summed E-state index contributed by atoms with van der Waals surface area (Å²) in [6, 6.07) is 6.96. The van der Waals surface area contributed by atoms with Crippen LogP contribution in [0.15, 0.2) is 29.3 Å². The molecular formula is C14H16F2N2OS. The maximum Gasteiger partial charge on any atom is 0.387 e. The molecule has 2 aliphatic rings. The highest BCUT2D eigenvalue weighted by atomic mass is 32.2. The summed E-state index contributed by atoms with van der Waals surface area (Å²) >= 11 is 1.74. The van der Waals surface area contributed by atoms with E-state index in [2.05, 4.69) is 10.1 Å². The number of ether oxygens (including phenoxy) is 1. The number of nitrogens with one attached hydrogen (secondary N) is 1. The normalized spacial score (nSPS) is 25.2. The van der Waals surface area contributed by atoms with Gasteiger partial charge in [-0.1, -0.05) is 18.2 Å². The van der Waals surface area contributed by atoms with Gasteiger partial charge in [0.15, 0.2) is 5.17 Å². The lowest BCUT2D eigenvalue weighted by Crippen LogP contribution is -2.25. The Kier molecular flexibility index (Phi) is 4.10. The van der Waals surface area contributed by atoms with Crippen molar-refractivity contribution in [3.63, 3.8) is 0 Å². The van der Waals surface area contributed by atoms with E-state index in [1.165, 1.54) is 31.4 Å². The summed E-state index contributed by atoms with van der Waals surface area (Å²) < 4.78 is 28.4. The van der Waals surface area contributed by atoms with Crippen molar-refractivity contribution in [2.75, 3.05) is 11.1 Å². The van der Waals surface area contributed by atoms with Crippen LogP contribution in [0.3, 0.4) is 0 Å². The van der Waals surface area contributed by atoms with Gasteiger partial charge in [0.1, 0.15) is 5.75 Å². The molecule has 0 radical (unpaired) electrons. The number of hydrogen-bond donors (Lipinski definition) is 1. The second kappa shape index (κ2) is 5.99. The maximum atomic E-state index is 12.1. The van der Waals surface area contributed by atoms with E-state index in [1.807, 2.05) is 0 Å². The molecule has 0 saturated heterocycles. The van der Waals surface area contributed by atoms with Gasteiger partial charge in [-0.05, 0) is 43.0 Å². The number of hydrogen-bond acceptors (Lipinski definition) is 4. The minimum Gasteiger partial charge on any atom is -0.435 e. The molecule has 6 heteroatoms. The molecule has 1 aliphatic carbocycles. The smallest absolute Gasteiger partial charge is 0.387 e. The van der Waals surface area contributed by atoms with E-state index in [4.69, 9.17) is 4.99 Å². The Morgan fingerprint density at radius 1 is 1.25 bits per heavy atom. The van der Waals surface area contributed by atoms with Gasteiger partial charge in [-0.25, -0.2) is 0 Å². The van der Waals surface area contributed by atoms with Crippen LogP contribution < -0.4 is 10.1 Å². The number of amidine groups is 1. The molecule has 1 aliphatic heterocycles. The van der Waals surface area contributed by atoms with Crippen LogP contribution in [0.4, 0.5) is 14.5 Å². The fourth-order valence-electron chi connectivity index (χ4n) is 2.67. The molecular weight excluding hydrogens is 282 g/mol. The fraction of sp³-hybridized carbons (Fsp3) is 0.500. The second-order valence-electron chi connectivity index (χ2n) is 5.03. The molecule has 1 fully saturated rings. The molecule has 1 aromatic carbocycles. The topological polar surface area (TPSA) is 33.6 Å². The number of anilines is 1. The molecule has 20 heavy (non-hydrogen) atoms. The summed E-state index contributed by atoms with van der Waals surface area (Å²) in [5, 5.41) is 4.17. The van der Waals surface area contributed by atoms with Gasteiger partial charge in [-0.3, -0.25) is 4.99 Å². The van der Waals surface area contributed by atoms with Gasteiger partial charge in [-0.2, -0.15) is 8.78 Å². The van der Waals surface area contributed by atoms with Crippen LogP contribution in [0.2, 0.25) is 0 Å². The van der Waals surface area contributed by atoms with E-state index in [0.717, 1.165) is 22.5 Å². The van der Waals surface area contributed by atoms with Crippen LogP contribution in [0.5, 0.6) is 5.75 Å². The van der Waals surface area contributed by atoms with Crippen molar-refractivity contribution in [3.8, 4) is 5.75 Å². The average molecular weight is 298 g/mol. The van der Waals surface area contributed by atoms with Crippen LogP contribution in [0.25, 0.3) is 0 Å². The Morgan fingerprint density at radius 3 is 2.80 bits per heavy atom. The van der Waals surface area contributed by atoms with Gasteiger partial charge in [0.05, 0.1) is 6.04 Å². The van der Waals surface area contributed by atoms with E-state index in [0.29, 0.717) is 6.04 Å². The zero-order valence-electron chi connectivity index (χ0n) is 10.9. The zero-order chi connectivity index (χ0) is 13.9. The first kappa shape index (κ1) is 13.7. The standard InChI is InChI=1S/C14H16F2N2OS/c15-13(16)19-11-6-4-10(5-7-11)17-14-18-12-3-1-2-9(12)8-20-14/h4-7,9,12-13H,1-3,8H2,(H,17,18). The summed E-state index contributed by atoms with van der Waals surface area (Å²) in [5.74, 6) is 2.01. The number of halogens is 2. The van der Waals surface area contributed by atoms with Crippen LogP contribution in [0, 0.1) is 5.92 Å². The van der Waals surface area contributed by atoms with Crippen molar-refractivity contribution in [1.29, 1.82) is 0 Å². The minimum absolute atomic E-state index is 0.166. The summed E-state index contributed by atoms with van der Waals surface area (Å²) in [6.07, 6.45) is 3.73. The van der Waals surface area contributed by atoms with Gasteiger partial charge in [0.2, 0.25) is 0 Å². The minimum atomic E-state index is -2.79. The van der Waals surface area contributed by atoms with E-state index in [9.17, 15) is 8.78 Å². The van der Waals surface area contributed by atoms with Gasteiger partial charge in [0.25, 0.3) is 0 Å². The third-order valence-corrected chi connectivity index (χ3v) is 4.74. The lowest BCUT2D eigenvalue weighted by atomic mass is 10.1. The summed E-state index contributed by atoms with van der Waals surface area (Å²) in [6.45, 7) is -2.79. The monoisotopic (exact) mass is 298 g/mol. The molecule has 108 valence electrons. The number of alkyl halides is 2. The Hall–Kier alpha value is -1.30. The molecule has 2 atom stereocenters. The molecule has 0 amide bonds. The summed E-state index contributed by atoms with van der Waals surface area (Å²) in [5.41, 5.74) is 0.842. The second-order valence-corrected chi connectivity index (χ2v) is 6.04. The lowest BCUT2D eigenvalue weighted by Gasteiger charge is -2.23. The Balaban J connectivity index is 1.63. The van der Waals surface area contributed by atoms with Crippen molar-refractivity contribution in [2.45, 2.75) is 31.9 Å². The van der Waals surface area contributed by atoms with Crippen molar-refractivity contribution in [2.24, 2.45) is 10.9 Å². The van der Waals surface area contributed by atoms with Crippen molar-refractivity contribution < 1.29 is 13.5 Å². The predicted molar refractivity (Wildman–Crippen MR) is 77.7 cm³/mol. The van der Waals surface area contributed by atoms with E-state index >= 15 is 0 Å². The Labute approximate surface area is 120 Å². The number of thioether (sulfide) groups is 1. The van der Waals surface area contributed by atoms with Crippen molar-refractivity contribution in [1.82, 2.24) is 0 Å². The Morgan fingerprint density at radius 2 is 2.05 bits per heavy atom. The van der Waals surface area contributed by atoms with Gasteiger partial charge < -0.3 is 10.1 Å². The van der Waals surface area contributed by atoms with Crippen molar-refractivity contribution in [3.05, 3.63) is 24.3 Å². The van der Waals surface area contributed by atoms with Crippen LogP contribution >= 0.6 is 11.8 Å². The highest BCUT2D eigenvalue weighted by molar-refractivity contribution is 8.14. The SMILES string of the molecule is FC(F)Oc1ccc(NC2=NC3CCCC3CS2)cc1. The quantitative estimate of drug-likeness (QED) is 0.916. The third kappa shape index (κ3) is 3.23. The first-order valence-electron chi connectivity index (χ1n) is 6.73. The molecule has 1 heterocycles. The maximum absolute atomic E-state index is 12.1. The van der Waals surface area contributed by atoms with Gasteiger partial charge in [-0.15, -0.1) is 0 Å². The van der Waals surface area contributed by atoms with Crippen LogP contribution in [0.1, 0.15) is 19.3 Å². The number of rotatable bonds is 3. The lowest BCUT2D eigenvalue weighted by molar-refractivity contribution is -0.0498. The molecule has 1 aromatic rings. The number of nitrogens with zero attached hydrogens (tertiary/aromatic N) is 1. The molecule has 2 unspecified atom stereocenters.